The zero-order valence-corrected chi connectivity index (χ0v) is 9.14. The summed E-state index contributed by atoms with van der Waals surface area (Å²) in [6.45, 7) is 0. The lowest BCUT2D eigenvalue weighted by molar-refractivity contribution is -0.0653. The standard InChI is InChI=1S/C9H12O9/c10-7(11)16-4-1-5(17-8(12)13)3-6(2-4)18-9(14)15/h4-6H,1-3H2,(H,10,11)(H,12,13)(H,14,15). The average Bonchev–Trinajstić information content (AvgIpc) is 2.12. The molecule has 0 aromatic heterocycles. The van der Waals surface area contributed by atoms with Crippen LogP contribution >= 0.6 is 0 Å². The average molecular weight is 264 g/mol. The van der Waals surface area contributed by atoms with Gasteiger partial charge in [-0.1, -0.05) is 0 Å². The minimum absolute atomic E-state index is 0.0398. The van der Waals surface area contributed by atoms with Crippen molar-refractivity contribution in [3.63, 3.8) is 0 Å². The van der Waals surface area contributed by atoms with Gasteiger partial charge >= 0.3 is 18.5 Å². The number of carbonyl (C=O) groups is 3. The predicted molar refractivity (Wildman–Crippen MR) is 52.5 cm³/mol. The van der Waals surface area contributed by atoms with Gasteiger partial charge in [-0.05, 0) is 0 Å². The van der Waals surface area contributed by atoms with Crippen molar-refractivity contribution in [1.82, 2.24) is 0 Å². The van der Waals surface area contributed by atoms with Gasteiger partial charge < -0.3 is 29.5 Å². The summed E-state index contributed by atoms with van der Waals surface area (Å²) in [6, 6.07) is 0. The summed E-state index contributed by atoms with van der Waals surface area (Å²) in [5.41, 5.74) is 0. The molecule has 0 radical (unpaired) electrons. The van der Waals surface area contributed by atoms with Gasteiger partial charge in [0.05, 0.1) is 0 Å². The van der Waals surface area contributed by atoms with Gasteiger partial charge in [0, 0.05) is 19.3 Å². The summed E-state index contributed by atoms with van der Waals surface area (Å²) in [5.74, 6) is 0. The molecule has 0 aromatic rings. The van der Waals surface area contributed by atoms with Gasteiger partial charge in [0.2, 0.25) is 0 Å². The number of hydrogen-bond donors (Lipinski definition) is 3. The van der Waals surface area contributed by atoms with Crippen LogP contribution in [0, 0.1) is 0 Å². The second-order valence-electron chi connectivity index (χ2n) is 3.72. The fourth-order valence-corrected chi connectivity index (χ4v) is 1.88. The van der Waals surface area contributed by atoms with E-state index in [0.717, 1.165) is 0 Å². The van der Waals surface area contributed by atoms with Crippen molar-refractivity contribution < 1.29 is 43.9 Å². The maximum absolute atomic E-state index is 10.4. The SMILES string of the molecule is O=C(O)OC1C[C@H](OC(=O)O)C[C@H](OC(=O)O)C1. The van der Waals surface area contributed by atoms with Crippen LogP contribution in [0.1, 0.15) is 19.3 Å². The zero-order valence-electron chi connectivity index (χ0n) is 9.14. The van der Waals surface area contributed by atoms with Gasteiger partial charge in [0.25, 0.3) is 0 Å². The second kappa shape index (κ2) is 5.94. The Morgan fingerprint density at radius 2 is 0.889 bits per heavy atom. The van der Waals surface area contributed by atoms with Crippen LogP contribution in [0.4, 0.5) is 14.4 Å². The fraction of sp³-hybridized carbons (Fsp3) is 0.667. The van der Waals surface area contributed by atoms with Crippen LogP contribution in [-0.4, -0.2) is 52.1 Å². The van der Waals surface area contributed by atoms with E-state index in [0.29, 0.717) is 0 Å². The lowest BCUT2D eigenvalue weighted by Gasteiger charge is -2.31. The molecule has 0 atom stereocenters. The molecule has 1 saturated carbocycles. The minimum Gasteiger partial charge on any atom is -0.450 e. The number of ether oxygens (including phenoxy) is 3. The largest absolute Gasteiger partial charge is 0.506 e. The van der Waals surface area contributed by atoms with Crippen molar-refractivity contribution in [3.8, 4) is 0 Å². The van der Waals surface area contributed by atoms with Crippen LogP contribution in [0.25, 0.3) is 0 Å². The molecule has 1 fully saturated rings. The smallest absolute Gasteiger partial charge is 0.450 e. The molecule has 0 aromatic carbocycles. The highest BCUT2D eigenvalue weighted by Crippen LogP contribution is 2.26. The molecule has 0 spiro atoms. The van der Waals surface area contributed by atoms with Crippen molar-refractivity contribution in [2.45, 2.75) is 37.6 Å². The summed E-state index contributed by atoms with van der Waals surface area (Å²) < 4.78 is 13.5. The number of hydrogen-bond acceptors (Lipinski definition) is 6. The number of rotatable bonds is 3. The van der Waals surface area contributed by atoms with Gasteiger partial charge in [-0.25, -0.2) is 14.4 Å². The topological polar surface area (TPSA) is 140 Å². The normalized spacial score (nSPS) is 27.0. The van der Waals surface area contributed by atoms with Gasteiger partial charge in [0.1, 0.15) is 18.3 Å². The van der Waals surface area contributed by atoms with Crippen LogP contribution in [0.2, 0.25) is 0 Å². The van der Waals surface area contributed by atoms with Crippen molar-refractivity contribution in [2.75, 3.05) is 0 Å². The van der Waals surface area contributed by atoms with Gasteiger partial charge in [-0.2, -0.15) is 0 Å². The molecule has 3 N–H and O–H groups in total. The van der Waals surface area contributed by atoms with Crippen LogP contribution in [0.3, 0.4) is 0 Å². The van der Waals surface area contributed by atoms with E-state index in [1.54, 1.807) is 0 Å². The fourth-order valence-electron chi connectivity index (χ4n) is 1.88. The highest BCUT2D eigenvalue weighted by molar-refractivity contribution is 5.58. The summed E-state index contributed by atoms with van der Waals surface area (Å²) in [7, 11) is 0. The van der Waals surface area contributed by atoms with Crippen molar-refractivity contribution >= 4 is 18.5 Å². The summed E-state index contributed by atoms with van der Waals surface area (Å²) >= 11 is 0. The highest BCUT2D eigenvalue weighted by atomic mass is 16.7. The molecule has 0 saturated heterocycles. The van der Waals surface area contributed by atoms with E-state index in [1.807, 2.05) is 0 Å². The minimum atomic E-state index is -1.52. The monoisotopic (exact) mass is 264 g/mol. The maximum Gasteiger partial charge on any atom is 0.506 e. The first-order valence-corrected chi connectivity index (χ1v) is 5.05. The van der Waals surface area contributed by atoms with Crippen LogP contribution < -0.4 is 0 Å². The van der Waals surface area contributed by atoms with Crippen LogP contribution in [0.15, 0.2) is 0 Å². The summed E-state index contributed by atoms with van der Waals surface area (Å²) in [5, 5.41) is 25.4. The Hall–Kier alpha value is -2.19. The molecule has 1 rings (SSSR count). The molecule has 1 aliphatic rings. The van der Waals surface area contributed by atoms with E-state index in [-0.39, 0.29) is 19.3 Å². The Bertz CT molecular complexity index is 281. The van der Waals surface area contributed by atoms with Gasteiger partial charge in [0.15, 0.2) is 0 Å². The molecule has 0 aliphatic heterocycles. The maximum atomic E-state index is 10.4. The first-order valence-electron chi connectivity index (χ1n) is 5.05. The van der Waals surface area contributed by atoms with Crippen LogP contribution in [-0.2, 0) is 14.2 Å². The molecule has 9 nitrogen and oxygen atoms in total. The van der Waals surface area contributed by atoms with E-state index in [1.165, 1.54) is 0 Å². The lowest BCUT2D eigenvalue weighted by Crippen LogP contribution is -2.39. The van der Waals surface area contributed by atoms with Crippen molar-refractivity contribution in [1.29, 1.82) is 0 Å². The molecule has 18 heavy (non-hydrogen) atoms. The molecule has 102 valence electrons. The Labute approximate surface area is 101 Å². The third-order valence-corrected chi connectivity index (χ3v) is 2.38. The molecule has 0 unspecified atom stereocenters. The van der Waals surface area contributed by atoms with Gasteiger partial charge in [-0.3, -0.25) is 0 Å². The quantitative estimate of drug-likeness (QED) is 0.508. The molecule has 0 bridgehead atoms. The van der Waals surface area contributed by atoms with E-state index in [4.69, 9.17) is 15.3 Å². The third-order valence-electron chi connectivity index (χ3n) is 2.38. The Morgan fingerprint density at radius 1 is 0.667 bits per heavy atom. The molecule has 1 aliphatic carbocycles. The Balaban J connectivity index is 2.62. The lowest BCUT2D eigenvalue weighted by atomic mass is 9.92. The van der Waals surface area contributed by atoms with Gasteiger partial charge in [-0.15, -0.1) is 0 Å². The van der Waals surface area contributed by atoms with Crippen molar-refractivity contribution in [3.05, 3.63) is 0 Å². The zero-order chi connectivity index (χ0) is 13.7. The van der Waals surface area contributed by atoms with E-state index in [2.05, 4.69) is 14.2 Å². The van der Waals surface area contributed by atoms with Crippen molar-refractivity contribution in [2.24, 2.45) is 0 Å². The molecular formula is C9H12O9. The Morgan fingerprint density at radius 3 is 1.06 bits per heavy atom. The van der Waals surface area contributed by atoms with E-state index in [9.17, 15) is 14.4 Å². The van der Waals surface area contributed by atoms with Crippen LogP contribution in [0.5, 0.6) is 0 Å². The first-order chi connectivity index (χ1) is 8.36. The van der Waals surface area contributed by atoms with E-state index >= 15 is 0 Å². The second-order valence-corrected chi connectivity index (χ2v) is 3.72. The molecule has 0 amide bonds. The Kier molecular flexibility index (Phi) is 4.58. The number of carboxylic acid groups (broad SMARTS) is 3. The van der Waals surface area contributed by atoms with E-state index < -0.39 is 36.8 Å². The predicted octanol–water partition coefficient (Wildman–Crippen LogP) is 1.36. The summed E-state index contributed by atoms with van der Waals surface area (Å²) in [4.78, 5) is 31.2. The third kappa shape index (κ3) is 4.76. The highest BCUT2D eigenvalue weighted by Gasteiger charge is 2.35. The first kappa shape index (κ1) is 13.9. The summed E-state index contributed by atoms with van der Waals surface area (Å²) in [6.07, 6.45) is -7.02. The molecule has 0 heterocycles. The molecule has 9 heteroatoms. The molecular weight excluding hydrogens is 252 g/mol.